The number of carbonyl (C=O) groups is 1. The van der Waals surface area contributed by atoms with Crippen LogP contribution in [-0.2, 0) is 0 Å². The first-order valence-corrected chi connectivity index (χ1v) is 7.45. The summed E-state index contributed by atoms with van der Waals surface area (Å²) in [5.74, 6) is 0.734. The predicted octanol–water partition coefficient (Wildman–Crippen LogP) is 1.33. The van der Waals surface area contributed by atoms with Gasteiger partial charge < -0.3 is 14.4 Å². The van der Waals surface area contributed by atoms with Crippen molar-refractivity contribution in [3.8, 4) is 0 Å². The van der Waals surface area contributed by atoms with Crippen LogP contribution in [0.1, 0.15) is 49.9 Å². The van der Waals surface area contributed by atoms with Gasteiger partial charge >= 0.3 is 0 Å². The van der Waals surface area contributed by atoms with Gasteiger partial charge in [-0.3, -0.25) is 9.69 Å². The number of β-amino-alcohol motifs (C(OH)–C–C–N with tert-alkyl or cyclic N) is 1. The highest BCUT2D eigenvalue weighted by molar-refractivity contribution is 5.93. The minimum atomic E-state index is -0.705. The molecule has 1 aromatic heterocycles. The fourth-order valence-electron chi connectivity index (χ4n) is 2.63. The number of hydrogen-bond acceptors (Lipinski definition) is 5. The van der Waals surface area contributed by atoms with Gasteiger partial charge in [-0.25, -0.2) is 4.98 Å². The third-order valence-electron chi connectivity index (χ3n) is 3.59. The maximum absolute atomic E-state index is 12.5. The number of piperazine rings is 1. The molecule has 1 aliphatic rings. The molecule has 21 heavy (non-hydrogen) atoms. The summed E-state index contributed by atoms with van der Waals surface area (Å²) in [7, 11) is 0. The molecule has 1 fully saturated rings. The van der Waals surface area contributed by atoms with Crippen molar-refractivity contribution in [1.82, 2.24) is 14.8 Å². The number of rotatable bonds is 4. The number of carbonyl (C=O) groups excluding carboxylic acids is 1. The zero-order valence-corrected chi connectivity index (χ0v) is 13.3. The lowest BCUT2D eigenvalue weighted by atomic mass is 10.1. The second-order valence-corrected chi connectivity index (χ2v) is 6.60. The van der Waals surface area contributed by atoms with Gasteiger partial charge in [-0.05, 0) is 13.8 Å². The minimum absolute atomic E-state index is 0.0599. The SMILES string of the molecule is CC(C)c1ocnc1C(=O)N1CCN(CC(C)(C)O)CC1. The monoisotopic (exact) mass is 295 g/mol. The first-order chi connectivity index (χ1) is 9.78. The molecule has 0 aliphatic carbocycles. The van der Waals surface area contributed by atoms with Crippen LogP contribution in [0.3, 0.4) is 0 Å². The van der Waals surface area contributed by atoms with E-state index in [0.717, 1.165) is 13.1 Å². The average Bonchev–Trinajstić information content (AvgIpc) is 2.86. The van der Waals surface area contributed by atoms with Gasteiger partial charge in [0.1, 0.15) is 5.76 Å². The fourth-order valence-corrected chi connectivity index (χ4v) is 2.63. The molecule has 0 unspecified atom stereocenters. The molecule has 1 aliphatic heterocycles. The topological polar surface area (TPSA) is 69.8 Å². The zero-order valence-electron chi connectivity index (χ0n) is 13.3. The van der Waals surface area contributed by atoms with Crippen LogP contribution in [0.5, 0.6) is 0 Å². The Morgan fingerprint density at radius 3 is 2.52 bits per heavy atom. The summed E-state index contributed by atoms with van der Waals surface area (Å²) < 4.78 is 5.32. The van der Waals surface area contributed by atoms with E-state index in [-0.39, 0.29) is 11.8 Å². The molecule has 0 bridgehead atoms. The van der Waals surface area contributed by atoms with E-state index in [1.807, 2.05) is 18.7 Å². The maximum Gasteiger partial charge on any atom is 0.276 e. The molecule has 1 saturated heterocycles. The van der Waals surface area contributed by atoms with E-state index in [0.29, 0.717) is 31.1 Å². The van der Waals surface area contributed by atoms with Crippen LogP contribution in [-0.4, -0.2) is 64.1 Å². The van der Waals surface area contributed by atoms with Crippen molar-refractivity contribution in [3.05, 3.63) is 17.8 Å². The van der Waals surface area contributed by atoms with E-state index in [1.54, 1.807) is 13.8 Å². The lowest BCUT2D eigenvalue weighted by Gasteiger charge is -2.37. The Hall–Kier alpha value is -1.40. The second-order valence-electron chi connectivity index (χ2n) is 6.60. The first kappa shape index (κ1) is 16.0. The van der Waals surface area contributed by atoms with E-state index in [1.165, 1.54) is 6.39 Å². The number of hydrogen-bond donors (Lipinski definition) is 1. The second kappa shape index (κ2) is 6.15. The molecule has 118 valence electrons. The zero-order chi connectivity index (χ0) is 15.6. The molecule has 6 heteroatoms. The van der Waals surface area contributed by atoms with Gasteiger partial charge in [0, 0.05) is 38.6 Å². The third kappa shape index (κ3) is 4.04. The van der Waals surface area contributed by atoms with Gasteiger partial charge in [-0.2, -0.15) is 0 Å². The molecular weight excluding hydrogens is 270 g/mol. The molecule has 0 aromatic carbocycles. The molecule has 0 radical (unpaired) electrons. The van der Waals surface area contributed by atoms with Crippen molar-refractivity contribution in [2.24, 2.45) is 0 Å². The first-order valence-electron chi connectivity index (χ1n) is 7.45. The van der Waals surface area contributed by atoms with Gasteiger partial charge in [0.2, 0.25) is 0 Å². The molecule has 0 atom stereocenters. The molecule has 6 nitrogen and oxygen atoms in total. The van der Waals surface area contributed by atoms with Crippen LogP contribution in [0.2, 0.25) is 0 Å². The molecule has 0 spiro atoms. The van der Waals surface area contributed by atoms with Crippen LogP contribution in [0.4, 0.5) is 0 Å². The minimum Gasteiger partial charge on any atom is -0.447 e. The van der Waals surface area contributed by atoms with Gasteiger partial charge in [0.25, 0.3) is 5.91 Å². The fraction of sp³-hybridized carbons (Fsp3) is 0.733. The smallest absolute Gasteiger partial charge is 0.276 e. The van der Waals surface area contributed by atoms with Crippen molar-refractivity contribution in [2.45, 2.75) is 39.2 Å². The van der Waals surface area contributed by atoms with Crippen molar-refractivity contribution >= 4 is 5.91 Å². The number of amides is 1. The number of aliphatic hydroxyl groups is 1. The normalized spacial score (nSPS) is 17.5. The molecule has 1 aromatic rings. The van der Waals surface area contributed by atoms with Crippen molar-refractivity contribution in [3.63, 3.8) is 0 Å². The third-order valence-corrected chi connectivity index (χ3v) is 3.59. The molecule has 1 amide bonds. The van der Waals surface area contributed by atoms with Crippen LogP contribution in [0, 0.1) is 0 Å². The lowest BCUT2D eigenvalue weighted by molar-refractivity contribution is 0.0177. The summed E-state index contributed by atoms with van der Waals surface area (Å²) in [6.07, 6.45) is 1.34. The van der Waals surface area contributed by atoms with Gasteiger partial charge in [-0.1, -0.05) is 13.8 Å². The summed E-state index contributed by atoms with van der Waals surface area (Å²) in [5, 5.41) is 9.85. The molecule has 2 rings (SSSR count). The quantitative estimate of drug-likeness (QED) is 0.907. The number of nitrogens with zero attached hydrogens (tertiary/aromatic N) is 3. The Labute approximate surface area is 125 Å². The summed E-state index contributed by atoms with van der Waals surface area (Å²) in [6.45, 7) is 11.0. The van der Waals surface area contributed by atoms with Crippen LogP contribution >= 0.6 is 0 Å². The average molecular weight is 295 g/mol. The maximum atomic E-state index is 12.5. The molecule has 0 saturated carbocycles. The van der Waals surface area contributed by atoms with Crippen LogP contribution < -0.4 is 0 Å². The lowest BCUT2D eigenvalue weighted by Crippen LogP contribution is -2.52. The summed E-state index contributed by atoms with van der Waals surface area (Å²) >= 11 is 0. The number of oxazole rings is 1. The van der Waals surface area contributed by atoms with E-state index in [2.05, 4.69) is 9.88 Å². The summed E-state index contributed by atoms with van der Waals surface area (Å²) in [5.41, 5.74) is -0.274. The predicted molar refractivity (Wildman–Crippen MR) is 79.2 cm³/mol. The summed E-state index contributed by atoms with van der Waals surface area (Å²) in [6, 6.07) is 0. The number of aromatic nitrogens is 1. The Kier molecular flexibility index (Phi) is 4.68. The van der Waals surface area contributed by atoms with E-state index < -0.39 is 5.60 Å². The van der Waals surface area contributed by atoms with E-state index in [4.69, 9.17) is 4.42 Å². The van der Waals surface area contributed by atoms with Crippen LogP contribution in [0.15, 0.2) is 10.8 Å². The van der Waals surface area contributed by atoms with Gasteiger partial charge in [0.15, 0.2) is 12.1 Å². The Morgan fingerprint density at radius 1 is 1.38 bits per heavy atom. The van der Waals surface area contributed by atoms with Crippen molar-refractivity contribution < 1.29 is 14.3 Å². The van der Waals surface area contributed by atoms with Crippen molar-refractivity contribution in [2.75, 3.05) is 32.7 Å². The highest BCUT2D eigenvalue weighted by atomic mass is 16.3. The Bertz CT molecular complexity index is 483. The Morgan fingerprint density at radius 2 is 2.00 bits per heavy atom. The van der Waals surface area contributed by atoms with E-state index in [9.17, 15) is 9.90 Å². The summed E-state index contributed by atoms with van der Waals surface area (Å²) in [4.78, 5) is 20.6. The van der Waals surface area contributed by atoms with Gasteiger partial charge in [0.05, 0.1) is 5.60 Å². The van der Waals surface area contributed by atoms with Gasteiger partial charge in [-0.15, -0.1) is 0 Å². The van der Waals surface area contributed by atoms with E-state index >= 15 is 0 Å². The highest BCUT2D eigenvalue weighted by Crippen LogP contribution is 2.20. The Balaban J connectivity index is 1.96. The van der Waals surface area contributed by atoms with Crippen molar-refractivity contribution in [1.29, 1.82) is 0 Å². The molecule has 2 heterocycles. The molecule has 1 N–H and O–H groups in total. The molecular formula is C15H25N3O3. The highest BCUT2D eigenvalue weighted by Gasteiger charge is 2.28. The van der Waals surface area contributed by atoms with Crippen LogP contribution in [0.25, 0.3) is 0 Å². The largest absolute Gasteiger partial charge is 0.447 e. The standard InChI is InChI=1S/C15H25N3O3/c1-11(2)13-12(16-10-21-13)14(19)18-7-5-17(6-8-18)9-15(3,4)20/h10-11,20H,5-9H2,1-4H3.